The molecule has 2 rings (SSSR count). The molecule has 2 N–H and O–H groups in total. The highest BCUT2D eigenvalue weighted by atomic mass is 16.1. The van der Waals surface area contributed by atoms with Crippen molar-refractivity contribution in [2.45, 2.75) is 13.8 Å². The molecule has 0 aliphatic carbocycles. The second kappa shape index (κ2) is 4.42. The van der Waals surface area contributed by atoms with Gasteiger partial charge in [-0.1, -0.05) is 24.3 Å². The van der Waals surface area contributed by atoms with Crippen LogP contribution in [0.5, 0.6) is 0 Å². The van der Waals surface area contributed by atoms with Crippen LogP contribution in [0.2, 0.25) is 0 Å². The molecule has 2 nitrogen and oxygen atoms in total. The Morgan fingerprint density at radius 2 is 1.82 bits per heavy atom. The fourth-order valence-corrected chi connectivity index (χ4v) is 1.84. The van der Waals surface area contributed by atoms with E-state index in [-0.39, 0.29) is 0 Å². The molecule has 0 spiro atoms. The number of aryl methyl sites for hydroxylation is 1. The Morgan fingerprint density at radius 3 is 2.47 bits per heavy atom. The molecule has 0 atom stereocenters. The molecule has 0 fully saturated rings. The molecular formula is C15H15NO. The van der Waals surface area contributed by atoms with E-state index in [1.54, 1.807) is 6.07 Å². The second-order valence-corrected chi connectivity index (χ2v) is 4.25. The zero-order chi connectivity index (χ0) is 12.4. The van der Waals surface area contributed by atoms with E-state index < -0.39 is 0 Å². The Kier molecular flexibility index (Phi) is 2.96. The number of benzene rings is 2. The number of hydrogen-bond acceptors (Lipinski definition) is 2. The predicted octanol–water partition coefficient (Wildman–Crippen LogP) is 3.37. The Bertz CT molecular complexity index is 550. The quantitative estimate of drug-likeness (QED) is 0.629. The van der Waals surface area contributed by atoms with Crippen molar-refractivity contribution < 1.29 is 4.79 Å². The average Bonchev–Trinajstić information content (AvgIpc) is 2.35. The summed E-state index contributed by atoms with van der Waals surface area (Å²) < 4.78 is 0. The Hall–Kier alpha value is -2.09. The SMILES string of the molecule is Cc1cc(-c2cccc(C=O)c2)cc(N)c1C. The van der Waals surface area contributed by atoms with Crippen LogP contribution in [-0.4, -0.2) is 6.29 Å². The van der Waals surface area contributed by atoms with Crippen molar-refractivity contribution in [2.75, 3.05) is 5.73 Å². The van der Waals surface area contributed by atoms with Crippen LogP contribution in [0.25, 0.3) is 11.1 Å². The minimum absolute atomic E-state index is 0.680. The fraction of sp³-hybridized carbons (Fsp3) is 0.133. The van der Waals surface area contributed by atoms with Crippen molar-refractivity contribution in [3.8, 4) is 11.1 Å². The number of anilines is 1. The van der Waals surface area contributed by atoms with E-state index in [1.165, 1.54) is 0 Å². The van der Waals surface area contributed by atoms with Gasteiger partial charge in [0, 0.05) is 11.3 Å². The standard InChI is InChI=1S/C15H15NO/c1-10-6-14(8-15(16)11(10)2)13-5-3-4-12(7-13)9-17/h3-9H,16H2,1-2H3. The van der Waals surface area contributed by atoms with Crippen molar-refractivity contribution in [3.05, 3.63) is 53.1 Å². The highest BCUT2D eigenvalue weighted by molar-refractivity contribution is 5.80. The van der Waals surface area contributed by atoms with E-state index in [2.05, 4.69) is 6.07 Å². The van der Waals surface area contributed by atoms with Crippen LogP contribution in [0, 0.1) is 13.8 Å². The summed E-state index contributed by atoms with van der Waals surface area (Å²) >= 11 is 0. The third-order valence-corrected chi connectivity index (χ3v) is 3.06. The molecule has 0 aliphatic rings. The molecule has 0 aromatic heterocycles. The van der Waals surface area contributed by atoms with Crippen LogP contribution in [-0.2, 0) is 0 Å². The molecule has 17 heavy (non-hydrogen) atoms. The summed E-state index contributed by atoms with van der Waals surface area (Å²) in [5.41, 5.74) is 11.8. The van der Waals surface area contributed by atoms with E-state index in [0.717, 1.165) is 34.2 Å². The number of carbonyl (C=O) groups excluding carboxylic acids is 1. The Labute approximate surface area is 101 Å². The van der Waals surface area contributed by atoms with Gasteiger partial charge >= 0.3 is 0 Å². The van der Waals surface area contributed by atoms with Gasteiger partial charge in [0.15, 0.2) is 0 Å². The highest BCUT2D eigenvalue weighted by Crippen LogP contribution is 2.26. The van der Waals surface area contributed by atoms with E-state index >= 15 is 0 Å². The minimum atomic E-state index is 0.680. The number of aldehydes is 1. The lowest BCUT2D eigenvalue weighted by atomic mass is 9.98. The molecule has 0 saturated heterocycles. The van der Waals surface area contributed by atoms with E-state index in [0.29, 0.717) is 5.56 Å². The molecule has 2 aromatic rings. The molecule has 2 aromatic carbocycles. The van der Waals surface area contributed by atoms with Gasteiger partial charge in [0.05, 0.1) is 0 Å². The number of rotatable bonds is 2. The van der Waals surface area contributed by atoms with Gasteiger partial charge in [0.25, 0.3) is 0 Å². The van der Waals surface area contributed by atoms with Gasteiger partial charge < -0.3 is 5.73 Å². The van der Waals surface area contributed by atoms with Gasteiger partial charge in [0.2, 0.25) is 0 Å². The molecule has 0 amide bonds. The monoisotopic (exact) mass is 225 g/mol. The Balaban J connectivity index is 2.56. The largest absolute Gasteiger partial charge is 0.398 e. The summed E-state index contributed by atoms with van der Waals surface area (Å²) in [5, 5.41) is 0. The number of hydrogen-bond donors (Lipinski definition) is 1. The van der Waals surface area contributed by atoms with E-state index in [4.69, 9.17) is 5.73 Å². The van der Waals surface area contributed by atoms with Gasteiger partial charge in [-0.15, -0.1) is 0 Å². The summed E-state index contributed by atoms with van der Waals surface area (Å²) in [6, 6.07) is 11.6. The summed E-state index contributed by atoms with van der Waals surface area (Å²) in [7, 11) is 0. The van der Waals surface area contributed by atoms with Crippen LogP contribution < -0.4 is 5.73 Å². The van der Waals surface area contributed by atoms with Crippen molar-refractivity contribution in [1.82, 2.24) is 0 Å². The minimum Gasteiger partial charge on any atom is -0.398 e. The van der Waals surface area contributed by atoms with Crippen LogP contribution in [0.15, 0.2) is 36.4 Å². The summed E-state index contributed by atoms with van der Waals surface area (Å²) in [6.07, 6.45) is 0.855. The molecular weight excluding hydrogens is 210 g/mol. The number of nitrogen functional groups attached to an aromatic ring is 1. The molecule has 2 heteroatoms. The van der Waals surface area contributed by atoms with Crippen LogP contribution >= 0.6 is 0 Å². The lowest BCUT2D eigenvalue weighted by molar-refractivity contribution is 0.112. The maximum absolute atomic E-state index is 10.8. The molecule has 0 unspecified atom stereocenters. The summed E-state index contributed by atoms with van der Waals surface area (Å²) in [6.45, 7) is 4.05. The van der Waals surface area contributed by atoms with Crippen LogP contribution in [0.1, 0.15) is 21.5 Å². The maximum atomic E-state index is 10.8. The third-order valence-electron chi connectivity index (χ3n) is 3.06. The first kappa shape index (κ1) is 11.4. The molecule has 0 saturated carbocycles. The van der Waals surface area contributed by atoms with E-state index in [9.17, 15) is 4.79 Å². The lowest BCUT2D eigenvalue weighted by Gasteiger charge is -2.09. The predicted molar refractivity (Wildman–Crippen MR) is 71.2 cm³/mol. The summed E-state index contributed by atoms with van der Waals surface area (Å²) in [5.74, 6) is 0. The Morgan fingerprint density at radius 1 is 1.06 bits per heavy atom. The van der Waals surface area contributed by atoms with Gasteiger partial charge in [-0.25, -0.2) is 0 Å². The first-order chi connectivity index (χ1) is 8.11. The second-order valence-electron chi connectivity index (χ2n) is 4.25. The average molecular weight is 225 g/mol. The zero-order valence-corrected chi connectivity index (χ0v) is 10.0. The van der Waals surface area contributed by atoms with Gasteiger partial charge in [-0.3, -0.25) is 4.79 Å². The molecule has 0 bridgehead atoms. The zero-order valence-electron chi connectivity index (χ0n) is 10.0. The third kappa shape index (κ3) is 2.21. The first-order valence-corrected chi connectivity index (χ1v) is 5.54. The highest BCUT2D eigenvalue weighted by Gasteiger charge is 2.04. The lowest BCUT2D eigenvalue weighted by Crippen LogP contribution is -1.94. The molecule has 86 valence electrons. The van der Waals surface area contributed by atoms with E-state index in [1.807, 2.05) is 38.1 Å². The molecule has 0 heterocycles. The van der Waals surface area contributed by atoms with Gasteiger partial charge in [-0.2, -0.15) is 0 Å². The summed E-state index contributed by atoms with van der Waals surface area (Å²) in [4.78, 5) is 10.8. The van der Waals surface area contributed by atoms with Crippen LogP contribution in [0.4, 0.5) is 5.69 Å². The molecule has 0 radical (unpaired) electrons. The number of nitrogens with two attached hydrogens (primary N) is 1. The first-order valence-electron chi connectivity index (χ1n) is 5.54. The smallest absolute Gasteiger partial charge is 0.150 e. The van der Waals surface area contributed by atoms with Gasteiger partial charge in [-0.05, 0) is 48.2 Å². The van der Waals surface area contributed by atoms with Crippen molar-refractivity contribution in [2.24, 2.45) is 0 Å². The topological polar surface area (TPSA) is 43.1 Å². The normalized spacial score (nSPS) is 10.2. The number of carbonyl (C=O) groups is 1. The van der Waals surface area contributed by atoms with Gasteiger partial charge in [0.1, 0.15) is 6.29 Å². The molecule has 0 aliphatic heterocycles. The fourth-order valence-electron chi connectivity index (χ4n) is 1.84. The maximum Gasteiger partial charge on any atom is 0.150 e. The van der Waals surface area contributed by atoms with Crippen molar-refractivity contribution in [1.29, 1.82) is 0 Å². The van der Waals surface area contributed by atoms with Crippen molar-refractivity contribution >= 4 is 12.0 Å². The van der Waals surface area contributed by atoms with Crippen molar-refractivity contribution in [3.63, 3.8) is 0 Å². The van der Waals surface area contributed by atoms with Crippen LogP contribution in [0.3, 0.4) is 0 Å².